The van der Waals surface area contributed by atoms with Crippen molar-refractivity contribution in [3.05, 3.63) is 57.6 Å². The number of benzene rings is 2. The summed E-state index contributed by atoms with van der Waals surface area (Å²) in [5, 5.41) is 13.6. The molecule has 8 nitrogen and oxygen atoms in total. The molecule has 1 heterocycles. The van der Waals surface area contributed by atoms with Crippen LogP contribution in [0.5, 0.6) is 5.75 Å². The lowest BCUT2D eigenvalue weighted by atomic mass is 10.2. The Hall–Kier alpha value is -2.84. The standard InChI is InChI=1S/C19H20ClN3O5/c1-13(28-18-7-6-16(23(25)26)12-17(18)20)19(24)21-14-2-4-15(5-3-14)22-8-10-27-11-9-22/h2-7,12-13H,8-11H2,1H3,(H,21,24)/t13-/m0/s1. The predicted molar refractivity (Wildman–Crippen MR) is 106 cm³/mol. The van der Waals surface area contributed by atoms with Crippen LogP contribution in [0.2, 0.25) is 5.02 Å². The number of ether oxygens (including phenoxy) is 2. The van der Waals surface area contributed by atoms with Crippen LogP contribution in [-0.2, 0) is 9.53 Å². The molecule has 3 rings (SSSR count). The highest BCUT2D eigenvalue weighted by molar-refractivity contribution is 6.32. The summed E-state index contributed by atoms with van der Waals surface area (Å²) in [6.07, 6.45) is -0.835. The van der Waals surface area contributed by atoms with Crippen LogP contribution < -0.4 is 15.0 Å². The van der Waals surface area contributed by atoms with Gasteiger partial charge >= 0.3 is 0 Å². The number of carbonyl (C=O) groups excluding carboxylic acids is 1. The van der Waals surface area contributed by atoms with E-state index in [9.17, 15) is 14.9 Å². The van der Waals surface area contributed by atoms with Gasteiger partial charge in [0, 0.05) is 36.6 Å². The number of hydrogen-bond donors (Lipinski definition) is 1. The maximum Gasteiger partial charge on any atom is 0.271 e. The summed E-state index contributed by atoms with van der Waals surface area (Å²) >= 11 is 6.00. The Morgan fingerprint density at radius 3 is 2.54 bits per heavy atom. The number of carbonyl (C=O) groups is 1. The number of nitro groups is 1. The van der Waals surface area contributed by atoms with Gasteiger partial charge in [0.2, 0.25) is 0 Å². The fourth-order valence-electron chi connectivity index (χ4n) is 2.76. The van der Waals surface area contributed by atoms with Crippen LogP contribution in [0.3, 0.4) is 0 Å². The minimum Gasteiger partial charge on any atom is -0.479 e. The number of non-ortho nitro benzene ring substituents is 1. The largest absolute Gasteiger partial charge is 0.479 e. The van der Waals surface area contributed by atoms with Gasteiger partial charge in [-0.1, -0.05) is 11.6 Å². The second kappa shape index (κ2) is 8.90. The summed E-state index contributed by atoms with van der Waals surface area (Å²) in [6, 6.07) is 11.4. The van der Waals surface area contributed by atoms with Gasteiger partial charge < -0.3 is 19.7 Å². The molecule has 0 unspecified atom stereocenters. The molecule has 0 radical (unpaired) electrons. The smallest absolute Gasteiger partial charge is 0.271 e. The molecule has 1 amide bonds. The van der Waals surface area contributed by atoms with E-state index >= 15 is 0 Å². The van der Waals surface area contributed by atoms with Crippen molar-refractivity contribution >= 4 is 34.6 Å². The average Bonchev–Trinajstić information content (AvgIpc) is 2.70. The highest BCUT2D eigenvalue weighted by atomic mass is 35.5. The molecular weight excluding hydrogens is 386 g/mol. The zero-order valence-electron chi connectivity index (χ0n) is 15.3. The zero-order chi connectivity index (χ0) is 20.1. The Morgan fingerprint density at radius 2 is 1.93 bits per heavy atom. The minimum absolute atomic E-state index is 0.0729. The summed E-state index contributed by atoms with van der Waals surface area (Å²) in [6.45, 7) is 4.67. The molecule has 2 aromatic carbocycles. The van der Waals surface area contributed by atoms with Crippen LogP contribution in [0.4, 0.5) is 17.1 Å². The van der Waals surface area contributed by atoms with Crippen LogP contribution in [0.1, 0.15) is 6.92 Å². The average molecular weight is 406 g/mol. The minimum atomic E-state index is -0.835. The Balaban J connectivity index is 1.58. The van der Waals surface area contributed by atoms with Crippen molar-refractivity contribution in [2.45, 2.75) is 13.0 Å². The van der Waals surface area contributed by atoms with Crippen LogP contribution in [0.15, 0.2) is 42.5 Å². The van der Waals surface area contributed by atoms with E-state index in [0.717, 1.165) is 18.8 Å². The summed E-state index contributed by atoms with van der Waals surface area (Å²) in [4.78, 5) is 24.8. The first kappa shape index (κ1) is 19.9. The number of hydrogen-bond acceptors (Lipinski definition) is 6. The Kier molecular flexibility index (Phi) is 6.33. The molecule has 0 bridgehead atoms. The third-order valence-corrected chi connectivity index (χ3v) is 4.61. The van der Waals surface area contributed by atoms with Gasteiger partial charge in [0.1, 0.15) is 5.75 Å². The molecule has 0 aliphatic carbocycles. The molecule has 28 heavy (non-hydrogen) atoms. The molecule has 1 saturated heterocycles. The first-order valence-corrected chi connectivity index (χ1v) is 9.16. The lowest BCUT2D eigenvalue weighted by molar-refractivity contribution is -0.384. The van der Waals surface area contributed by atoms with Crippen LogP contribution >= 0.6 is 11.6 Å². The van der Waals surface area contributed by atoms with Gasteiger partial charge in [0.05, 0.1) is 23.2 Å². The van der Waals surface area contributed by atoms with Crippen molar-refractivity contribution in [1.29, 1.82) is 0 Å². The maximum absolute atomic E-state index is 12.4. The van der Waals surface area contributed by atoms with Crippen molar-refractivity contribution in [2.24, 2.45) is 0 Å². The topological polar surface area (TPSA) is 93.9 Å². The van der Waals surface area contributed by atoms with Gasteiger partial charge in [0.25, 0.3) is 11.6 Å². The third-order valence-electron chi connectivity index (χ3n) is 4.31. The van der Waals surface area contributed by atoms with Gasteiger partial charge in [-0.15, -0.1) is 0 Å². The quantitative estimate of drug-likeness (QED) is 0.584. The number of anilines is 2. The second-order valence-electron chi connectivity index (χ2n) is 6.27. The summed E-state index contributed by atoms with van der Waals surface area (Å²) in [5.74, 6) is -0.147. The lowest BCUT2D eigenvalue weighted by Gasteiger charge is -2.29. The molecule has 9 heteroatoms. The number of nitrogens with one attached hydrogen (secondary N) is 1. The Morgan fingerprint density at radius 1 is 1.25 bits per heavy atom. The number of morpholine rings is 1. The van der Waals surface area contributed by atoms with Crippen molar-refractivity contribution in [2.75, 3.05) is 36.5 Å². The third kappa shape index (κ3) is 4.90. The summed E-state index contributed by atoms with van der Waals surface area (Å²) in [7, 11) is 0. The van der Waals surface area contributed by atoms with E-state index < -0.39 is 11.0 Å². The van der Waals surface area contributed by atoms with E-state index in [0.29, 0.717) is 18.9 Å². The molecule has 0 spiro atoms. The summed E-state index contributed by atoms with van der Waals surface area (Å²) in [5.41, 5.74) is 1.57. The molecule has 0 saturated carbocycles. The van der Waals surface area contributed by atoms with Crippen molar-refractivity contribution in [1.82, 2.24) is 0 Å². The number of nitrogens with zero attached hydrogens (tertiary/aromatic N) is 2. The molecule has 1 atom stereocenters. The van der Waals surface area contributed by atoms with Gasteiger partial charge in [-0.2, -0.15) is 0 Å². The molecule has 148 valence electrons. The van der Waals surface area contributed by atoms with Crippen LogP contribution in [0.25, 0.3) is 0 Å². The second-order valence-corrected chi connectivity index (χ2v) is 6.67. The molecular formula is C19H20ClN3O5. The molecule has 1 aliphatic rings. The molecule has 0 aromatic heterocycles. The first-order chi connectivity index (χ1) is 13.4. The van der Waals surface area contributed by atoms with E-state index in [-0.39, 0.29) is 22.4 Å². The van der Waals surface area contributed by atoms with Gasteiger partial charge in [-0.05, 0) is 37.3 Å². The first-order valence-electron chi connectivity index (χ1n) is 8.78. The lowest BCUT2D eigenvalue weighted by Crippen LogP contribution is -2.36. The van der Waals surface area contributed by atoms with Crippen LogP contribution in [-0.4, -0.2) is 43.2 Å². The number of nitro benzene ring substituents is 1. The van der Waals surface area contributed by atoms with Crippen LogP contribution in [0, 0.1) is 10.1 Å². The van der Waals surface area contributed by atoms with Crippen molar-refractivity contribution in [3.63, 3.8) is 0 Å². The fourth-order valence-corrected chi connectivity index (χ4v) is 2.98. The Bertz CT molecular complexity index is 853. The normalized spacial score (nSPS) is 15.0. The zero-order valence-corrected chi connectivity index (χ0v) is 16.0. The number of rotatable bonds is 6. The van der Waals surface area contributed by atoms with Gasteiger partial charge in [-0.25, -0.2) is 0 Å². The van der Waals surface area contributed by atoms with E-state index in [1.165, 1.54) is 18.2 Å². The Labute approximate surface area is 167 Å². The highest BCUT2D eigenvalue weighted by Crippen LogP contribution is 2.29. The molecule has 1 N–H and O–H groups in total. The fraction of sp³-hybridized carbons (Fsp3) is 0.316. The molecule has 1 fully saturated rings. The van der Waals surface area contributed by atoms with E-state index in [2.05, 4.69) is 10.2 Å². The van der Waals surface area contributed by atoms with E-state index in [1.807, 2.05) is 24.3 Å². The highest BCUT2D eigenvalue weighted by Gasteiger charge is 2.18. The monoisotopic (exact) mass is 405 g/mol. The SMILES string of the molecule is C[C@H](Oc1ccc([N+](=O)[O-])cc1Cl)C(=O)Nc1ccc(N2CCOCC2)cc1. The van der Waals surface area contributed by atoms with E-state index in [4.69, 9.17) is 21.1 Å². The van der Waals surface area contributed by atoms with Crippen molar-refractivity contribution < 1.29 is 19.2 Å². The molecule has 1 aliphatic heterocycles. The molecule has 2 aromatic rings. The van der Waals surface area contributed by atoms with E-state index in [1.54, 1.807) is 6.92 Å². The number of halogens is 1. The van der Waals surface area contributed by atoms with Gasteiger partial charge in [-0.3, -0.25) is 14.9 Å². The van der Waals surface area contributed by atoms with Gasteiger partial charge in [0.15, 0.2) is 6.10 Å². The van der Waals surface area contributed by atoms with Crippen molar-refractivity contribution in [3.8, 4) is 5.75 Å². The maximum atomic E-state index is 12.4. The predicted octanol–water partition coefficient (Wildman–Crippen LogP) is 3.49. The number of amides is 1. The summed E-state index contributed by atoms with van der Waals surface area (Å²) < 4.78 is 10.9.